The van der Waals surface area contributed by atoms with Crippen LogP contribution in [-0.4, -0.2) is 56.3 Å². The third kappa shape index (κ3) is 6.28. The van der Waals surface area contributed by atoms with Gasteiger partial charge in [0, 0.05) is 13.1 Å². The Labute approximate surface area is 179 Å². The lowest BCUT2D eigenvalue weighted by atomic mass is 9.87. The largest absolute Gasteiger partial charge is 0.490 e. The van der Waals surface area contributed by atoms with Crippen molar-refractivity contribution >= 4 is 11.9 Å². The Kier molecular flexibility index (Phi) is 9.27. The summed E-state index contributed by atoms with van der Waals surface area (Å²) in [6.45, 7) is 8.77. The number of hydrogen-bond donors (Lipinski definition) is 0. The topological polar surface area (TPSA) is 74.3 Å². The molecule has 1 aliphatic carbocycles. The molecule has 2 rings (SSSR count). The summed E-state index contributed by atoms with van der Waals surface area (Å²) < 4.78 is 22.2. The molecule has 0 heterocycles. The fourth-order valence-corrected chi connectivity index (χ4v) is 3.65. The smallest absolute Gasteiger partial charge is 0.338 e. The molecule has 1 aliphatic rings. The fourth-order valence-electron chi connectivity index (χ4n) is 3.65. The summed E-state index contributed by atoms with van der Waals surface area (Å²) in [7, 11) is 1.79. The minimum Gasteiger partial charge on any atom is -0.490 e. The van der Waals surface area contributed by atoms with Gasteiger partial charge >= 0.3 is 5.97 Å². The number of amides is 1. The third-order valence-corrected chi connectivity index (χ3v) is 5.40. The Bertz CT molecular complexity index is 685. The van der Waals surface area contributed by atoms with Gasteiger partial charge in [0.05, 0.1) is 25.4 Å². The third-order valence-electron chi connectivity index (χ3n) is 5.40. The maximum Gasteiger partial charge on any atom is 0.338 e. The summed E-state index contributed by atoms with van der Waals surface area (Å²) in [5, 5.41) is 0. The van der Waals surface area contributed by atoms with E-state index in [1.54, 1.807) is 24.1 Å². The highest BCUT2D eigenvalue weighted by Crippen LogP contribution is 2.39. The molecular weight excluding hydrogens is 386 g/mol. The van der Waals surface area contributed by atoms with E-state index in [1.165, 1.54) is 0 Å². The predicted molar refractivity (Wildman–Crippen MR) is 114 cm³/mol. The van der Waals surface area contributed by atoms with Crippen LogP contribution in [0, 0.1) is 5.92 Å². The van der Waals surface area contributed by atoms with Crippen molar-refractivity contribution < 1.29 is 28.5 Å². The van der Waals surface area contributed by atoms with Crippen LogP contribution < -0.4 is 14.2 Å². The molecule has 1 fully saturated rings. The van der Waals surface area contributed by atoms with Crippen molar-refractivity contribution in [2.45, 2.75) is 59.4 Å². The molecule has 0 atom stereocenters. The molecule has 30 heavy (non-hydrogen) atoms. The molecule has 0 unspecified atom stereocenters. The van der Waals surface area contributed by atoms with Gasteiger partial charge in [-0.1, -0.05) is 6.92 Å². The van der Waals surface area contributed by atoms with Crippen LogP contribution in [0.4, 0.5) is 0 Å². The van der Waals surface area contributed by atoms with E-state index in [2.05, 4.69) is 6.92 Å². The number of ether oxygens (including phenoxy) is 4. The van der Waals surface area contributed by atoms with Crippen LogP contribution in [0.1, 0.15) is 63.7 Å². The number of carbonyl (C=O) groups excluding carboxylic acids is 2. The summed E-state index contributed by atoms with van der Waals surface area (Å²) in [6.07, 6.45) is 4.22. The van der Waals surface area contributed by atoms with Gasteiger partial charge in [-0.3, -0.25) is 4.79 Å². The van der Waals surface area contributed by atoms with Gasteiger partial charge in [-0.25, -0.2) is 4.79 Å². The summed E-state index contributed by atoms with van der Waals surface area (Å²) in [5.74, 6) is 1.21. The first-order valence-electron chi connectivity index (χ1n) is 10.9. The molecule has 0 N–H and O–H groups in total. The fraction of sp³-hybridized carbons (Fsp3) is 0.652. The van der Waals surface area contributed by atoms with E-state index >= 15 is 0 Å². The van der Waals surface area contributed by atoms with Gasteiger partial charge < -0.3 is 23.8 Å². The highest BCUT2D eigenvalue weighted by Gasteiger charge is 2.26. The zero-order valence-corrected chi connectivity index (χ0v) is 18.9. The standard InChI is InChI=1S/C23H35NO6/c1-6-27-19-13-17(14-20(28-7-2)22(19)29-8-3)23(26)30-15-21(25)24(5)18-11-9-16(4)10-12-18/h13-14,16,18H,6-12,15H2,1-5H3. The Balaban J connectivity index is 2.07. The molecule has 1 saturated carbocycles. The maximum absolute atomic E-state index is 12.6. The molecule has 7 nitrogen and oxygen atoms in total. The average Bonchev–Trinajstić information content (AvgIpc) is 2.74. The molecule has 1 amide bonds. The van der Waals surface area contributed by atoms with Crippen LogP contribution >= 0.6 is 0 Å². The zero-order valence-electron chi connectivity index (χ0n) is 18.9. The number of nitrogens with zero attached hydrogens (tertiary/aromatic N) is 1. The monoisotopic (exact) mass is 421 g/mol. The number of benzene rings is 1. The van der Waals surface area contributed by atoms with Gasteiger partial charge in [0.15, 0.2) is 18.1 Å². The minimum atomic E-state index is -0.598. The van der Waals surface area contributed by atoms with Crippen LogP contribution in [0.3, 0.4) is 0 Å². The van der Waals surface area contributed by atoms with Gasteiger partial charge in [0.2, 0.25) is 5.75 Å². The number of esters is 1. The quantitative estimate of drug-likeness (QED) is 0.530. The van der Waals surface area contributed by atoms with E-state index in [0.29, 0.717) is 43.0 Å². The lowest BCUT2D eigenvalue weighted by molar-refractivity contribution is -0.136. The van der Waals surface area contributed by atoms with Crippen LogP contribution in [0.2, 0.25) is 0 Å². The van der Waals surface area contributed by atoms with Crippen LogP contribution in [0.25, 0.3) is 0 Å². The summed E-state index contributed by atoms with van der Waals surface area (Å²) >= 11 is 0. The van der Waals surface area contributed by atoms with Gasteiger partial charge in [0.25, 0.3) is 5.91 Å². The van der Waals surface area contributed by atoms with Crippen molar-refractivity contribution in [2.75, 3.05) is 33.5 Å². The summed E-state index contributed by atoms with van der Waals surface area (Å²) in [6, 6.07) is 3.35. The number of hydrogen-bond acceptors (Lipinski definition) is 6. The molecule has 7 heteroatoms. The van der Waals surface area contributed by atoms with Crippen molar-refractivity contribution in [1.29, 1.82) is 0 Å². The maximum atomic E-state index is 12.6. The molecule has 0 aliphatic heterocycles. The lowest BCUT2D eigenvalue weighted by Gasteiger charge is -2.33. The molecule has 0 bridgehead atoms. The Hall–Kier alpha value is -2.44. The first-order valence-corrected chi connectivity index (χ1v) is 10.9. The summed E-state index contributed by atoms with van der Waals surface area (Å²) in [5.41, 5.74) is 0.257. The van der Waals surface area contributed by atoms with E-state index in [-0.39, 0.29) is 24.1 Å². The van der Waals surface area contributed by atoms with Crippen LogP contribution in [0.5, 0.6) is 17.2 Å². The number of likely N-dealkylation sites (N-methyl/N-ethyl adjacent to an activating group) is 1. The molecule has 0 aromatic heterocycles. The number of carbonyl (C=O) groups is 2. The van der Waals surface area contributed by atoms with Gasteiger partial charge in [-0.05, 0) is 64.5 Å². The highest BCUT2D eigenvalue weighted by atomic mass is 16.5. The lowest BCUT2D eigenvalue weighted by Crippen LogP contribution is -2.41. The first kappa shape index (κ1) is 23.8. The Morgan fingerprint density at radius 2 is 1.47 bits per heavy atom. The molecular formula is C23H35NO6. The second kappa shape index (κ2) is 11.7. The van der Waals surface area contributed by atoms with Crippen molar-refractivity contribution in [3.05, 3.63) is 17.7 Å². The van der Waals surface area contributed by atoms with Gasteiger partial charge in [-0.2, -0.15) is 0 Å². The van der Waals surface area contributed by atoms with E-state index < -0.39 is 5.97 Å². The summed E-state index contributed by atoms with van der Waals surface area (Å²) in [4.78, 5) is 26.9. The number of rotatable bonds is 10. The molecule has 168 valence electrons. The predicted octanol–water partition coefficient (Wildman–Crippen LogP) is 4.08. The normalized spacial score (nSPS) is 18.4. The molecule has 0 saturated heterocycles. The molecule has 1 aromatic rings. The second-order valence-corrected chi connectivity index (χ2v) is 7.60. The van der Waals surface area contributed by atoms with Crippen LogP contribution in [-0.2, 0) is 9.53 Å². The highest BCUT2D eigenvalue weighted by molar-refractivity contribution is 5.92. The second-order valence-electron chi connectivity index (χ2n) is 7.60. The van der Waals surface area contributed by atoms with Crippen molar-refractivity contribution in [2.24, 2.45) is 5.92 Å². The van der Waals surface area contributed by atoms with Crippen LogP contribution in [0.15, 0.2) is 12.1 Å². The minimum absolute atomic E-state index is 0.191. The van der Waals surface area contributed by atoms with Crippen molar-refractivity contribution in [3.8, 4) is 17.2 Å². The van der Waals surface area contributed by atoms with Gasteiger partial charge in [-0.15, -0.1) is 0 Å². The SMILES string of the molecule is CCOc1cc(C(=O)OCC(=O)N(C)C2CCC(C)CC2)cc(OCC)c1OCC. The molecule has 1 aromatic carbocycles. The van der Waals surface area contributed by atoms with Crippen molar-refractivity contribution in [1.82, 2.24) is 4.90 Å². The molecule has 0 spiro atoms. The van der Waals surface area contributed by atoms with E-state index in [1.807, 2.05) is 20.8 Å². The first-order chi connectivity index (χ1) is 14.4. The molecule has 0 radical (unpaired) electrons. The van der Waals surface area contributed by atoms with E-state index in [4.69, 9.17) is 18.9 Å². The van der Waals surface area contributed by atoms with E-state index in [9.17, 15) is 9.59 Å². The van der Waals surface area contributed by atoms with E-state index in [0.717, 1.165) is 25.7 Å². The Morgan fingerprint density at radius 3 is 1.97 bits per heavy atom. The Morgan fingerprint density at radius 1 is 0.933 bits per heavy atom. The van der Waals surface area contributed by atoms with Gasteiger partial charge in [0.1, 0.15) is 0 Å². The zero-order chi connectivity index (χ0) is 22.1. The average molecular weight is 422 g/mol. The van der Waals surface area contributed by atoms with Crippen molar-refractivity contribution in [3.63, 3.8) is 0 Å².